The van der Waals surface area contributed by atoms with Crippen LogP contribution in [0.3, 0.4) is 0 Å². The number of carbonyl (C=O) groups is 3. The highest BCUT2D eigenvalue weighted by Crippen LogP contribution is 2.42. The van der Waals surface area contributed by atoms with Crippen molar-refractivity contribution in [1.29, 1.82) is 0 Å². The van der Waals surface area contributed by atoms with Gasteiger partial charge in [0.05, 0.1) is 12.1 Å². The molecule has 218 valence electrons. The van der Waals surface area contributed by atoms with E-state index in [-0.39, 0.29) is 24.0 Å². The van der Waals surface area contributed by atoms with Crippen LogP contribution < -0.4 is 10.6 Å². The fourth-order valence-electron chi connectivity index (χ4n) is 6.53. The molecule has 2 aromatic carbocycles. The molecule has 3 aliphatic rings. The second-order valence-electron chi connectivity index (χ2n) is 11.5. The summed E-state index contributed by atoms with van der Waals surface area (Å²) in [4.78, 5) is 38.1. The van der Waals surface area contributed by atoms with Gasteiger partial charge in [0.15, 0.2) is 5.82 Å². The molecular formula is C32H35N5O5. The van der Waals surface area contributed by atoms with E-state index in [0.29, 0.717) is 31.1 Å². The first-order chi connectivity index (χ1) is 20.4. The van der Waals surface area contributed by atoms with E-state index >= 15 is 0 Å². The summed E-state index contributed by atoms with van der Waals surface area (Å²) in [6.45, 7) is 1.11. The van der Waals surface area contributed by atoms with Crippen LogP contribution in [-0.2, 0) is 15.1 Å². The van der Waals surface area contributed by atoms with Gasteiger partial charge in [-0.05, 0) is 68.1 Å². The fraction of sp³-hybridized carbons (Fsp3) is 0.406. The Balaban J connectivity index is 1.16. The molecule has 3 fully saturated rings. The number of anilines is 1. The highest BCUT2D eigenvalue weighted by Gasteiger charge is 2.40. The van der Waals surface area contributed by atoms with E-state index in [1.165, 1.54) is 0 Å². The number of ether oxygens (including phenoxy) is 1. The fourth-order valence-corrected chi connectivity index (χ4v) is 6.53. The third-order valence-corrected chi connectivity index (χ3v) is 8.93. The second kappa shape index (κ2) is 11.8. The first-order valence-corrected chi connectivity index (χ1v) is 14.7. The molecule has 3 aromatic rings. The van der Waals surface area contributed by atoms with Crippen molar-refractivity contribution in [1.82, 2.24) is 20.4 Å². The van der Waals surface area contributed by atoms with E-state index in [2.05, 4.69) is 20.8 Å². The van der Waals surface area contributed by atoms with E-state index in [9.17, 15) is 19.5 Å². The van der Waals surface area contributed by atoms with Crippen LogP contribution in [0.5, 0.6) is 0 Å². The Hall–Kier alpha value is -4.47. The van der Waals surface area contributed by atoms with Crippen LogP contribution in [0, 0.1) is 5.92 Å². The minimum absolute atomic E-state index is 0.0961. The summed E-state index contributed by atoms with van der Waals surface area (Å²) in [7, 11) is 0. The van der Waals surface area contributed by atoms with Crippen molar-refractivity contribution in [2.45, 2.75) is 62.9 Å². The lowest BCUT2D eigenvalue weighted by Gasteiger charge is -2.42. The van der Waals surface area contributed by atoms with Gasteiger partial charge in [0.25, 0.3) is 0 Å². The number of rotatable bonds is 8. The predicted molar refractivity (Wildman–Crippen MR) is 157 cm³/mol. The normalized spacial score (nSPS) is 21.2. The van der Waals surface area contributed by atoms with Crippen LogP contribution in [0.2, 0.25) is 0 Å². The van der Waals surface area contributed by atoms with Crippen LogP contribution in [0.4, 0.5) is 15.4 Å². The van der Waals surface area contributed by atoms with Crippen molar-refractivity contribution in [3.05, 3.63) is 66.2 Å². The molecule has 0 spiro atoms. The summed E-state index contributed by atoms with van der Waals surface area (Å²) in [5.74, 6) is 0.557. The molecule has 2 saturated carbocycles. The lowest BCUT2D eigenvalue weighted by atomic mass is 9.71. The average molecular weight is 570 g/mol. The molecule has 2 aliphatic carbocycles. The first-order valence-electron chi connectivity index (χ1n) is 14.7. The van der Waals surface area contributed by atoms with Gasteiger partial charge >= 0.3 is 12.2 Å². The molecule has 2 heterocycles. The van der Waals surface area contributed by atoms with E-state index < -0.39 is 11.6 Å². The molecule has 0 atom stereocenters. The SMILES string of the molecule is O=C(O)NC1(c2ccc(-c3nnc(NC(=O)CC4CCC(N5CCOC5=O)CC4)cc3-c3ccccc3)cc2)CCC1. The second-order valence-corrected chi connectivity index (χ2v) is 11.5. The number of benzene rings is 2. The Morgan fingerprint density at radius 3 is 2.33 bits per heavy atom. The predicted octanol–water partition coefficient (Wildman–Crippen LogP) is 5.80. The van der Waals surface area contributed by atoms with E-state index in [1.54, 1.807) is 0 Å². The maximum absolute atomic E-state index is 13.0. The van der Waals surface area contributed by atoms with Crippen LogP contribution in [0.1, 0.15) is 56.9 Å². The number of hydrogen-bond acceptors (Lipinski definition) is 6. The van der Waals surface area contributed by atoms with Gasteiger partial charge in [0, 0.05) is 23.6 Å². The molecule has 42 heavy (non-hydrogen) atoms. The standard InChI is InChI=1S/C32H35N5O5/c38-28(19-21-7-13-25(14-8-21)37-17-18-42-31(37)41)33-27-20-26(22-5-2-1-3-6-22)29(36-35-27)23-9-11-24(12-10-23)32(15-4-16-32)34-30(39)40/h1-3,5-6,9-12,20-21,25,34H,4,7-8,13-19H2,(H,39,40)(H,33,35,38). The van der Waals surface area contributed by atoms with Crippen LogP contribution >= 0.6 is 0 Å². The van der Waals surface area contributed by atoms with Gasteiger partial charge in [-0.2, -0.15) is 0 Å². The maximum Gasteiger partial charge on any atom is 0.410 e. The largest absolute Gasteiger partial charge is 0.465 e. The number of nitrogens with one attached hydrogen (secondary N) is 2. The molecule has 1 aromatic heterocycles. The monoisotopic (exact) mass is 569 g/mol. The average Bonchev–Trinajstić information content (AvgIpc) is 3.41. The number of carbonyl (C=O) groups excluding carboxylic acids is 2. The van der Waals surface area contributed by atoms with Crippen LogP contribution in [-0.4, -0.2) is 57.5 Å². The van der Waals surface area contributed by atoms with Crippen molar-refractivity contribution < 1.29 is 24.2 Å². The Kier molecular flexibility index (Phi) is 7.78. The van der Waals surface area contributed by atoms with Crippen LogP contribution in [0.15, 0.2) is 60.7 Å². The number of aromatic nitrogens is 2. The molecule has 1 aliphatic heterocycles. The zero-order chi connectivity index (χ0) is 29.1. The van der Waals surface area contributed by atoms with E-state index in [1.807, 2.05) is 65.6 Å². The summed E-state index contributed by atoms with van der Waals surface area (Å²) in [5, 5.41) is 23.9. The maximum atomic E-state index is 13.0. The Bertz CT molecular complexity index is 1450. The number of nitrogens with zero attached hydrogens (tertiary/aromatic N) is 3. The zero-order valence-corrected chi connectivity index (χ0v) is 23.4. The molecule has 6 rings (SSSR count). The van der Waals surface area contributed by atoms with Crippen molar-refractivity contribution in [2.75, 3.05) is 18.5 Å². The van der Waals surface area contributed by atoms with Crippen molar-refractivity contribution >= 4 is 23.9 Å². The highest BCUT2D eigenvalue weighted by atomic mass is 16.6. The number of carboxylic acid groups (broad SMARTS) is 1. The van der Waals surface area contributed by atoms with Gasteiger partial charge in [0.2, 0.25) is 5.91 Å². The minimum Gasteiger partial charge on any atom is -0.465 e. The lowest BCUT2D eigenvalue weighted by molar-refractivity contribution is -0.117. The van der Waals surface area contributed by atoms with Gasteiger partial charge in [-0.25, -0.2) is 9.59 Å². The zero-order valence-electron chi connectivity index (χ0n) is 23.4. The molecular weight excluding hydrogens is 534 g/mol. The third-order valence-electron chi connectivity index (χ3n) is 8.93. The van der Waals surface area contributed by atoms with Gasteiger partial charge in [-0.1, -0.05) is 54.6 Å². The smallest absolute Gasteiger partial charge is 0.410 e. The molecule has 3 amide bonds. The van der Waals surface area contributed by atoms with Crippen LogP contribution in [0.25, 0.3) is 22.4 Å². The summed E-state index contributed by atoms with van der Waals surface area (Å²) in [6.07, 6.45) is 5.23. The van der Waals surface area contributed by atoms with Crippen molar-refractivity contribution in [3.8, 4) is 22.4 Å². The molecule has 0 radical (unpaired) electrons. The van der Waals surface area contributed by atoms with E-state index in [0.717, 1.165) is 67.2 Å². The molecule has 0 unspecified atom stereocenters. The van der Waals surface area contributed by atoms with Gasteiger partial charge < -0.3 is 25.4 Å². The van der Waals surface area contributed by atoms with Gasteiger partial charge in [-0.15, -0.1) is 10.2 Å². The summed E-state index contributed by atoms with van der Waals surface area (Å²) in [6, 6.07) is 19.7. The molecule has 1 saturated heterocycles. The summed E-state index contributed by atoms with van der Waals surface area (Å²) in [5.41, 5.74) is 3.72. The lowest BCUT2D eigenvalue weighted by Crippen LogP contribution is -2.50. The van der Waals surface area contributed by atoms with Gasteiger partial charge in [0.1, 0.15) is 12.3 Å². The molecule has 3 N–H and O–H groups in total. The van der Waals surface area contributed by atoms with Crippen molar-refractivity contribution in [3.63, 3.8) is 0 Å². The van der Waals surface area contributed by atoms with Gasteiger partial charge in [-0.3, -0.25) is 4.79 Å². The highest BCUT2D eigenvalue weighted by molar-refractivity contribution is 5.91. The number of cyclic esters (lactones) is 1. The third kappa shape index (κ3) is 5.79. The first kappa shape index (κ1) is 27.7. The van der Waals surface area contributed by atoms with Crippen molar-refractivity contribution in [2.24, 2.45) is 5.92 Å². The molecule has 10 nitrogen and oxygen atoms in total. The van der Waals surface area contributed by atoms with E-state index in [4.69, 9.17) is 4.74 Å². The molecule has 0 bridgehead atoms. The summed E-state index contributed by atoms with van der Waals surface area (Å²) < 4.78 is 5.08. The topological polar surface area (TPSA) is 134 Å². The molecule has 10 heteroatoms. The quantitative estimate of drug-likeness (QED) is 0.312. The Labute approximate surface area is 244 Å². The summed E-state index contributed by atoms with van der Waals surface area (Å²) >= 11 is 0. The Morgan fingerprint density at radius 1 is 0.976 bits per heavy atom. The number of amides is 3. The Morgan fingerprint density at radius 2 is 1.71 bits per heavy atom. The number of hydrogen-bond donors (Lipinski definition) is 3. The minimum atomic E-state index is -1.02.